The van der Waals surface area contributed by atoms with Crippen LogP contribution in [-0.2, 0) is 6.61 Å². The largest absolute Gasteiger partial charge is 0.471 e. The number of anilines is 1. The molecule has 0 aromatic carbocycles. The van der Waals surface area contributed by atoms with E-state index in [1.54, 1.807) is 11.3 Å². The van der Waals surface area contributed by atoms with Crippen LogP contribution in [0.5, 0.6) is 5.88 Å². The van der Waals surface area contributed by atoms with E-state index in [0.29, 0.717) is 12.5 Å². The highest BCUT2D eigenvalue weighted by atomic mass is 79.9. The molecule has 90 valence electrons. The third-order valence-corrected chi connectivity index (χ3v) is 3.60. The van der Waals surface area contributed by atoms with Crippen molar-refractivity contribution >= 4 is 33.1 Å². The Morgan fingerprint density at radius 2 is 2.35 bits per heavy atom. The molecule has 6 heteroatoms. The summed E-state index contributed by atoms with van der Waals surface area (Å²) in [5.41, 5.74) is 0. The zero-order valence-corrected chi connectivity index (χ0v) is 11.7. The van der Waals surface area contributed by atoms with Crippen molar-refractivity contribution in [3.8, 4) is 5.88 Å². The lowest BCUT2D eigenvalue weighted by molar-refractivity contribution is 0.294. The monoisotopic (exact) mass is 313 g/mol. The standard InChI is InChI=1S/C11H12BrN3OS/c1-2-13-10-9(12)11(15-7-14-10)16-6-8-4-3-5-17-8/h3-5,7H,2,6H2,1H3,(H,13,14,15). The molecule has 4 nitrogen and oxygen atoms in total. The van der Waals surface area contributed by atoms with Crippen LogP contribution < -0.4 is 10.1 Å². The molecule has 2 aromatic rings. The van der Waals surface area contributed by atoms with Gasteiger partial charge >= 0.3 is 0 Å². The first-order chi connectivity index (χ1) is 8.31. The fraction of sp³-hybridized carbons (Fsp3) is 0.273. The summed E-state index contributed by atoms with van der Waals surface area (Å²) in [7, 11) is 0. The molecule has 2 aromatic heterocycles. The van der Waals surface area contributed by atoms with Gasteiger partial charge in [-0.3, -0.25) is 0 Å². The molecule has 17 heavy (non-hydrogen) atoms. The van der Waals surface area contributed by atoms with Crippen LogP contribution in [0.25, 0.3) is 0 Å². The molecule has 2 rings (SSSR count). The smallest absolute Gasteiger partial charge is 0.233 e. The highest BCUT2D eigenvalue weighted by Crippen LogP contribution is 2.29. The zero-order valence-electron chi connectivity index (χ0n) is 9.31. The van der Waals surface area contributed by atoms with Gasteiger partial charge in [-0.2, -0.15) is 0 Å². The molecule has 0 aliphatic heterocycles. The molecule has 0 atom stereocenters. The average molecular weight is 314 g/mol. The number of ether oxygens (including phenoxy) is 1. The lowest BCUT2D eigenvalue weighted by Gasteiger charge is -2.09. The number of nitrogens with zero attached hydrogens (tertiary/aromatic N) is 2. The molecule has 0 radical (unpaired) electrons. The lowest BCUT2D eigenvalue weighted by atomic mass is 10.5. The fourth-order valence-corrected chi connectivity index (χ4v) is 2.35. The highest BCUT2D eigenvalue weighted by Gasteiger charge is 2.09. The molecule has 0 unspecified atom stereocenters. The predicted molar refractivity (Wildman–Crippen MR) is 72.5 cm³/mol. The van der Waals surface area contributed by atoms with Gasteiger partial charge in [0, 0.05) is 11.4 Å². The van der Waals surface area contributed by atoms with E-state index in [0.717, 1.165) is 16.8 Å². The van der Waals surface area contributed by atoms with Crippen molar-refractivity contribution in [2.45, 2.75) is 13.5 Å². The van der Waals surface area contributed by atoms with Gasteiger partial charge in [-0.15, -0.1) is 11.3 Å². The molecule has 0 aliphatic carbocycles. The Hall–Kier alpha value is -1.14. The first-order valence-corrected chi connectivity index (χ1v) is 6.88. The van der Waals surface area contributed by atoms with Gasteiger partial charge in [-0.25, -0.2) is 9.97 Å². The van der Waals surface area contributed by atoms with Gasteiger partial charge < -0.3 is 10.1 Å². The maximum atomic E-state index is 5.64. The summed E-state index contributed by atoms with van der Waals surface area (Å²) < 4.78 is 6.40. The summed E-state index contributed by atoms with van der Waals surface area (Å²) in [4.78, 5) is 9.40. The average Bonchev–Trinajstić information content (AvgIpc) is 2.83. The maximum absolute atomic E-state index is 5.64. The highest BCUT2D eigenvalue weighted by molar-refractivity contribution is 9.10. The van der Waals surface area contributed by atoms with Gasteiger partial charge in [0.2, 0.25) is 5.88 Å². The van der Waals surface area contributed by atoms with Crippen molar-refractivity contribution in [2.24, 2.45) is 0 Å². The molecule has 0 bridgehead atoms. The second-order valence-corrected chi connectivity index (χ2v) is 5.07. The summed E-state index contributed by atoms with van der Waals surface area (Å²) in [5, 5.41) is 5.16. The van der Waals surface area contributed by atoms with Crippen LogP contribution in [0.2, 0.25) is 0 Å². The van der Waals surface area contributed by atoms with E-state index >= 15 is 0 Å². The normalized spacial score (nSPS) is 10.2. The van der Waals surface area contributed by atoms with Gasteiger partial charge in [0.1, 0.15) is 23.2 Å². The minimum Gasteiger partial charge on any atom is -0.471 e. The van der Waals surface area contributed by atoms with Crippen LogP contribution in [0.15, 0.2) is 28.3 Å². The Morgan fingerprint density at radius 1 is 1.47 bits per heavy atom. The quantitative estimate of drug-likeness (QED) is 0.920. The van der Waals surface area contributed by atoms with Crippen LogP contribution in [0, 0.1) is 0 Å². The molecular formula is C11H12BrN3OS. The van der Waals surface area contributed by atoms with Crippen molar-refractivity contribution < 1.29 is 4.74 Å². The number of nitrogens with one attached hydrogen (secondary N) is 1. The summed E-state index contributed by atoms with van der Waals surface area (Å²) in [6.07, 6.45) is 1.49. The van der Waals surface area contributed by atoms with Crippen LogP contribution in [0.1, 0.15) is 11.8 Å². The van der Waals surface area contributed by atoms with Crippen molar-refractivity contribution in [3.63, 3.8) is 0 Å². The second-order valence-electron chi connectivity index (χ2n) is 3.24. The Balaban J connectivity index is 2.07. The summed E-state index contributed by atoms with van der Waals surface area (Å²) >= 11 is 5.10. The Morgan fingerprint density at radius 3 is 3.06 bits per heavy atom. The van der Waals surface area contributed by atoms with Gasteiger partial charge in [0.05, 0.1) is 0 Å². The number of aromatic nitrogens is 2. The summed E-state index contributed by atoms with van der Waals surface area (Å²) in [6, 6.07) is 4.04. The molecule has 0 spiro atoms. The maximum Gasteiger partial charge on any atom is 0.233 e. The zero-order chi connectivity index (χ0) is 12.1. The van der Waals surface area contributed by atoms with Crippen molar-refractivity contribution in [1.29, 1.82) is 0 Å². The minimum absolute atomic E-state index is 0.527. The molecular weight excluding hydrogens is 302 g/mol. The first kappa shape index (κ1) is 12.3. The molecule has 2 heterocycles. The molecule has 0 saturated heterocycles. The van der Waals surface area contributed by atoms with E-state index in [-0.39, 0.29) is 0 Å². The van der Waals surface area contributed by atoms with Crippen molar-refractivity contribution in [3.05, 3.63) is 33.2 Å². The van der Waals surface area contributed by atoms with E-state index in [1.165, 1.54) is 11.2 Å². The number of halogens is 1. The van der Waals surface area contributed by atoms with E-state index in [4.69, 9.17) is 4.74 Å². The Bertz CT molecular complexity index is 476. The molecule has 0 amide bonds. The SMILES string of the molecule is CCNc1ncnc(OCc2cccs2)c1Br. The van der Waals surface area contributed by atoms with E-state index in [1.807, 2.05) is 24.4 Å². The second kappa shape index (κ2) is 5.97. The van der Waals surface area contributed by atoms with Crippen LogP contribution >= 0.6 is 27.3 Å². The van der Waals surface area contributed by atoms with Crippen LogP contribution in [0.3, 0.4) is 0 Å². The summed E-state index contributed by atoms with van der Waals surface area (Å²) in [5.74, 6) is 1.31. The fourth-order valence-electron chi connectivity index (χ4n) is 1.28. The molecule has 0 aliphatic rings. The van der Waals surface area contributed by atoms with Gasteiger partial charge in [0.25, 0.3) is 0 Å². The topological polar surface area (TPSA) is 47.0 Å². The van der Waals surface area contributed by atoms with E-state index < -0.39 is 0 Å². The first-order valence-electron chi connectivity index (χ1n) is 5.20. The lowest BCUT2D eigenvalue weighted by Crippen LogP contribution is -2.03. The number of hydrogen-bond acceptors (Lipinski definition) is 5. The van der Waals surface area contributed by atoms with Crippen molar-refractivity contribution in [2.75, 3.05) is 11.9 Å². The number of rotatable bonds is 5. The number of hydrogen-bond donors (Lipinski definition) is 1. The third kappa shape index (κ3) is 3.17. The van der Waals surface area contributed by atoms with Crippen LogP contribution in [-0.4, -0.2) is 16.5 Å². The van der Waals surface area contributed by atoms with E-state index in [9.17, 15) is 0 Å². The van der Waals surface area contributed by atoms with Gasteiger partial charge in [0.15, 0.2) is 0 Å². The predicted octanol–water partition coefficient (Wildman–Crippen LogP) is 3.31. The van der Waals surface area contributed by atoms with Crippen LogP contribution in [0.4, 0.5) is 5.82 Å². The van der Waals surface area contributed by atoms with Gasteiger partial charge in [-0.05, 0) is 34.3 Å². The third-order valence-electron chi connectivity index (χ3n) is 2.03. The Kier molecular flexibility index (Phi) is 4.33. The molecule has 0 fully saturated rings. The summed E-state index contributed by atoms with van der Waals surface area (Å²) in [6.45, 7) is 3.35. The van der Waals surface area contributed by atoms with Gasteiger partial charge in [-0.1, -0.05) is 6.07 Å². The van der Waals surface area contributed by atoms with Crippen molar-refractivity contribution in [1.82, 2.24) is 9.97 Å². The van der Waals surface area contributed by atoms with E-state index in [2.05, 4.69) is 31.2 Å². The molecule has 0 saturated carbocycles. The number of thiophene rings is 1. The molecule has 1 N–H and O–H groups in total. The minimum atomic E-state index is 0.527. The Labute approximate surface area is 112 Å².